The Morgan fingerprint density at radius 1 is 1.06 bits per heavy atom. The van der Waals surface area contributed by atoms with Crippen molar-refractivity contribution in [2.24, 2.45) is 0 Å². The van der Waals surface area contributed by atoms with Gasteiger partial charge in [0.15, 0.2) is 11.5 Å². The summed E-state index contributed by atoms with van der Waals surface area (Å²) in [6.45, 7) is 1.34. The number of nitrogens with zero attached hydrogens (tertiary/aromatic N) is 1. The van der Waals surface area contributed by atoms with Gasteiger partial charge in [-0.3, -0.25) is 4.79 Å². The minimum atomic E-state index is -0.392. The summed E-state index contributed by atoms with van der Waals surface area (Å²) < 4.78 is 24.5. The number of hydrogen-bond donors (Lipinski definition) is 2. The number of carbonyl (C=O) groups is 1. The molecule has 1 aliphatic heterocycles. The molecule has 7 nitrogen and oxygen atoms in total. The van der Waals surface area contributed by atoms with Crippen LogP contribution in [0, 0.1) is 5.82 Å². The molecule has 0 atom stereocenters. The van der Waals surface area contributed by atoms with Crippen LogP contribution in [-0.2, 0) is 13.1 Å². The number of pyridine rings is 1. The largest absolute Gasteiger partial charge is 0.486 e. The molecule has 2 N–H and O–H groups in total. The molecule has 2 aromatic heterocycles. The van der Waals surface area contributed by atoms with Gasteiger partial charge in [0.1, 0.15) is 19.0 Å². The SMILES string of the molecule is O=C(Nc1ccc(F)cc1)N(Cc1cccs1)Cc1cc2cc3c(cc2[nH]c1=O)OCCO3. The van der Waals surface area contributed by atoms with E-state index in [2.05, 4.69) is 10.3 Å². The number of rotatable bonds is 5. The number of hydrogen-bond acceptors (Lipinski definition) is 5. The topological polar surface area (TPSA) is 83.7 Å². The van der Waals surface area contributed by atoms with Crippen molar-refractivity contribution in [2.45, 2.75) is 13.1 Å². The third-order valence-corrected chi connectivity index (χ3v) is 6.12. The lowest BCUT2D eigenvalue weighted by Crippen LogP contribution is -2.35. The molecule has 2 aromatic carbocycles. The van der Waals surface area contributed by atoms with Gasteiger partial charge in [0.2, 0.25) is 0 Å². The van der Waals surface area contributed by atoms with Crippen molar-refractivity contribution in [1.29, 1.82) is 0 Å². The third-order valence-electron chi connectivity index (χ3n) is 5.25. The molecule has 0 saturated heterocycles. The number of benzene rings is 2. The number of carbonyl (C=O) groups excluding carboxylic acids is 1. The highest BCUT2D eigenvalue weighted by atomic mass is 32.1. The molecule has 0 spiro atoms. The Kier molecular flexibility index (Phi) is 5.70. The van der Waals surface area contributed by atoms with Crippen LogP contribution >= 0.6 is 11.3 Å². The summed E-state index contributed by atoms with van der Waals surface area (Å²) in [5.74, 6) is 0.828. The Morgan fingerprint density at radius 3 is 2.55 bits per heavy atom. The van der Waals surface area contributed by atoms with Gasteiger partial charge in [-0.05, 0) is 47.8 Å². The van der Waals surface area contributed by atoms with E-state index < -0.39 is 6.03 Å². The van der Waals surface area contributed by atoms with Crippen molar-refractivity contribution < 1.29 is 18.7 Å². The lowest BCUT2D eigenvalue weighted by molar-refractivity contribution is 0.172. The molecule has 168 valence electrons. The number of urea groups is 1. The van der Waals surface area contributed by atoms with Gasteiger partial charge in [-0.25, -0.2) is 9.18 Å². The molecule has 0 radical (unpaired) electrons. The first-order valence-electron chi connectivity index (χ1n) is 10.3. The molecule has 5 rings (SSSR count). The van der Waals surface area contributed by atoms with Crippen molar-refractivity contribution in [3.8, 4) is 11.5 Å². The molecular formula is C24H20FN3O4S. The van der Waals surface area contributed by atoms with E-state index in [-0.39, 0.29) is 17.9 Å². The highest BCUT2D eigenvalue weighted by Crippen LogP contribution is 2.33. The number of halogens is 1. The monoisotopic (exact) mass is 465 g/mol. The van der Waals surface area contributed by atoms with Crippen LogP contribution in [-0.4, -0.2) is 29.1 Å². The summed E-state index contributed by atoms with van der Waals surface area (Å²) in [5, 5.41) is 5.49. The molecule has 0 unspecified atom stereocenters. The zero-order valence-corrected chi connectivity index (χ0v) is 18.3. The smallest absolute Gasteiger partial charge is 0.322 e. The number of ether oxygens (including phenoxy) is 2. The summed E-state index contributed by atoms with van der Waals surface area (Å²) in [6.07, 6.45) is 0. The Morgan fingerprint density at radius 2 is 1.82 bits per heavy atom. The first kappa shape index (κ1) is 21.0. The average Bonchev–Trinajstić information content (AvgIpc) is 3.32. The summed E-state index contributed by atoms with van der Waals surface area (Å²) in [4.78, 5) is 31.3. The minimum absolute atomic E-state index is 0.0879. The number of nitrogens with one attached hydrogen (secondary N) is 2. The van der Waals surface area contributed by atoms with Crippen LogP contribution in [0.1, 0.15) is 10.4 Å². The Bertz CT molecular complexity index is 1350. The number of aromatic amines is 1. The van der Waals surface area contributed by atoms with Crippen molar-refractivity contribution in [3.63, 3.8) is 0 Å². The number of amides is 2. The standard InChI is InChI=1S/C24H20FN3O4S/c25-17-3-5-18(6-4-17)26-24(30)28(14-19-2-1-9-33-19)13-16-10-15-11-21-22(32-8-7-31-21)12-20(15)27-23(16)29/h1-6,9-12H,7-8,13-14H2,(H,26,30)(H,27,29). The first-order chi connectivity index (χ1) is 16.0. The first-order valence-corrected chi connectivity index (χ1v) is 11.2. The quantitative estimate of drug-likeness (QED) is 0.446. The number of aromatic nitrogens is 1. The maximum Gasteiger partial charge on any atom is 0.322 e. The van der Waals surface area contributed by atoms with E-state index in [1.54, 1.807) is 17.0 Å². The average molecular weight is 466 g/mol. The van der Waals surface area contributed by atoms with E-state index in [1.165, 1.54) is 35.6 Å². The van der Waals surface area contributed by atoms with Crippen molar-refractivity contribution in [2.75, 3.05) is 18.5 Å². The number of anilines is 1. The van der Waals surface area contributed by atoms with Crippen LogP contribution < -0.4 is 20.3 Å². The second kappa shape index (κ2) is 8.95. The summed E-state index contributed by atoms with van der Waals surface area (Å²) in [5.41, 5.74) is 1.25. The number of H-pyrrole nitrogens is 1. The van der Waals surface area contributed by atoms with Gasteiger partial charge in [-0.2, -0.15) is 0 Å². The van der Waals surface area contributed by atoms with Gasteiger partial charge in [0.05, 0.1) is 18.6 Å². The zero-order valence-electron chi connectivity index (χ0n) is 17.5. The number of fused-ring (bicyclic) bond motifs is 2. The van der Waals surface area contributed by atoms with E-state index in [9.17, 15) is 14.0 Å². The molecule has 4 aromatic rings. The predicted molar refractivity (Wildman–Crippen MR) is 125 cm³/mol. The predicted octanol–water partition coefficient (Wildman–Crippen LogP) is 4.73. The Hall–Kier alpha value is -3.85. The van der Waals surface area contributed by atoms with Crippen LogP contribution in [0.4, 0.5) is 14.9 Å². The molecule has 2 amide bonds. The Labute approximate surface area is 192 Å². The highest BCUT2D eigenvalue weighted by molar-refractivity contribution is 7.09. The number of thiophene rings is 1. The van der Waals surface area contributed by atoms with Crippen LogP contribution in [0.5, 0.6) is 11.5 Å². The van der Waals surface area contributed by atoms with E-state index in [0.29, 0.717) is 48.0 Å². The molecule has 0 bridgehead atoms. The van der Waals surface area contributed by atoms with Gasteiger partial charge >= 0.3 is 6.03 Å². The van der Waals surface area contributed by atoms with Gasteiger partial charge < -0.3 is 24.7 Å². The van der Waals surface area contributed by atoms with Crippen molar-refractivity contribution in [1.82, 2.24) is 9.88 Å². The fourth-order valence-corrected chi connectivity index (χ4v) is 4.36. The van der Waals surface area contributed by atoms with E-state index in [4.69, 9.17) is 9.47 Å². The normalized spacial score (nSPS) is 12.5. The van der Waals surface area contributed by atoms with Gasteiger partial charge in [0.25, 0.3) is 5.56 Å². The molecule has 9 heteroatoms. The van der Waals surface area contributed by atoms with E-state index in [0.717, 1.165) is 10.3 Å². The third kappa shape index (κ3) is 4.68. The van der Waals surface area contributed by atoms with Gasteiger partial charge in [-0.1, -0.05) is 6.07 Å². The molecule has 0 saturated carbocycles. The molecule has 0 aliphatic carbocycles. The Balaban J connectivity index is 1.44. The maximum atomic E-state index is 13.2. The summed E-state index contributed by atoms with van der Waals surface area (Å²) >= 11 is 1.52. The van der Waals surface area contributed by atoms with E-state index in [1.807, 2.05) is 23.6 Å². The van der Waals surface area contributed by atoms with Crippen molar-refractivity contribution >= 4 is 34.0 Å². The molecule has 33 heavy (non-hydrogen) atoms. The van der Waals surface area contributed by atoms with Gasteiger partial charge in [0, 0.05) is 27.6 Å². The lowest BCUT2D eigenvalue weighted by Gasteiger charge is -2.23. The fraction of sp³-hybridized carbons (Fsp3) is 0.167. The zero-order chi connectivity index (χ0) is 22.8. The van der Waals surface area contributed by atoms with Crippen LogP contribution in [0.3, 0.4) is 0 Å². The van der Waals surface area contributed by atoms with Gasteiger partial charge in [-0.15, -0.1) is 11.3 Å². The fourth-order valence-electron chi connectivity index (χ4n) is 3.64. The van der Waals surface area contributed by atoms with Crippen molar-refractivity contribution in [3.05, 3.63) is 86.6 Å². The van der Waals surface area contributed by atoms with Crippen LogP contribution in [0.15, 0.2) is 64.8 Å². The molecule has 3 heterocycles. The summed E-state index contributed by atoms with van der Waals surface area (Å²) in [6, 6.07) is 14.3. The highest BCUT2D eigenvalue weighted by Gasteiger charge is 2.19. The molecule has 1 aliphatic rings. The van der Waals surface area contributed by atoms with Crippen LogP contribution in [0.2, 0.25) is 0 Å². The van der Waals surface area contributed by atoms with E-state index >= 15 is 0 Å². The molecular weight excluding hydrogens is 445 g/mol. The maximum absolute atomic E-state index is 13.2. The second-order valence-corrected chi connectivity index (χ2v) is 8.61. The second-order valence-electron chi connectivity index (χ2n) is 7.58. The summed E-state index contributed by atoms with van der Waals surface area (Å²) in [7, 11) is 0. The lowest BCUT2D eigenvalue weighted by atomic mass is 10.1. The minimum Gasteiger partial charge on any atom is -0.486 e. The molecule has 0 fully saturated rings. The van der Waals surface area contributed by atoms with Crippen LogP contribution in [0.25, 0.3) is 10.9 Å².